The molecule has 0 aliphatic carbocycles. The molecule has 0 saturated heterocycles. The van der Waals surface area contributed by atoms with Gasteiger partial charge in [0.25, 0.3) is 0 Å². The van der Waals surface area contributed by atoms with Gasteiger partial charge in [0.05, 0.1) is 24.3 Å². The Morgan fingerprint density at radius 3 is 2.82 bits per heavy atom. The predicted octanol–water partition coefficient (Wildman–Crippen LogP) is 1.92. The zero-order valence-electron chi connectivity index (χ0n) is 8.66. The molecular formula is C10H9ClN4O2. The minimum atomic E-state index is -1.33. The molecular weight excluding hydrogens is 244 g/mol. The fraction of sp³-hybridized carbons (Fsp3) is 0.300. The van der Waals surface area contributed by atoms with Crippen LogP contribution in [0.3, 0.4) is 0 Å². The van der Waals surface area contributed by atoms with Crippen molar-refractivity contribution >= 4 is 11.6 Å². The quantitative estimate of drug-likeness (QED) is 0.485. The summed E-state index contributed by atoms with van der Waals surface area (Å²) in [7, 11) is 0. The van der Waals surface area contributed by atoms with Crippen LogP contribution in [0.1, 0.15) is 17.2 Å². The highest BCUT2D eigenvalue weighted by Crippen LogP contribution is 2.24. The van der Waals surface area contributed by atoms with Crippen LogP contribution >= 0.6 is 11.6 Å². The van der Waals surface area contributed by atoms with Crippen LogP contribution in [0.4, 0.5) is 0 Å². The standard InChI is InChI=1S/C10H9ClN4O2/c11-7-2-1-6(4-12)8(3-7)10(17)9(16)5-14-15-13/h1-3,9-10,16-17H,5H2. The molecule has 88 valence electrons. The van der Waals surface area contributed by atoms with Crippen LogP contribution in [0.15, 0.2) is 23.3 Å². The van der Waals surface area contributed by atoms with Gasteiger partial charge in [0.15, 0.2) is 0 Å². The summed E-state index contributed by atoms with van der Waals surface area (Å²) in [6, 6.07) is 6.23. The smallest absolute Gasteiger partial charge is 0.106 e. The molecule has 0 bridgehead atoms. The van der Waals surface area contributed by atoms with Crippen LogP contribution in [0.2, 0.25) is 5.02 Å². The third kappa shape index (κ3) is 3.34. The van der Waals surface area contributed by atoms with Crippen molar-refractivity contribution in [3.8, 4) is 6.07 Å². The topological polar surface area (TPSA) is 113 Å². The molecule has 0 spiro atoms. The van der Waals surface area contributed by atoms with Gasteiger partial charge in [-0.1, -0.05) is 16.7 Å². The molecule has 0 saturated carbocycles. The molecule has 0 aliphatic heterocycles. The van der Waals surface area contributed by atoms with Crippen LogP contribution in [0.5, 0.6) is 0 Å². The van der Waals surface area contributed by atoms with E-state index < -0.39 is 12.2 Å². The van der Waals surface area contributed by atoms with E-state index in [-0.39, 0.29) is 17.7 Å². The molecule has 0 amide bonds. The number of nitriles is 1. The van der Waals surface area contributed by atoms with Gasteiger partial charge in [-0.3, -0.25) is 0 Å². The first-order chi connectivity index (χ1) is 8.10. The Kier molecular flexibility index (Phi) is 4.76. The molecule has 0 aromatic heterocycles. The van der Waals surface area contributed by atoms with E-state index in [1.807, 2.05) is 6.07 Å². The van der Waals surface area contributed by atoms with Crippen molar-refractivity contribution in [2.75, 3.05) is 6.54 Å². The van der Waals surface area contributed by atoms with Crippen molar-refractivity contribution in [1.29, 1.82) is 5.26 Å². The Morgan fingerprint density at radius 2 is 2.24 bits per heavy atom. The second-order valence-electron chi connectivity index (χ2n) is 3.27. The number of hydrogen-bond donors (Lipinski definition) is 2. The van der Waals surface area contributed by atoms with Crippen molar-refractivity contribution in [2.45, 2.75) is 12.2 Å². The summed E-state index contributed by atoms with van der Waals surface area (Å²) >= 11 is 5.74. The van der Waals surface area contributed by atoms with Crippen LogP contribution in [0.25, 0.3) is 10.4 Å². The molecule has 0 heterocycles. The number of nitrogens with zero attached hydrogens (tertiary/aromatic N) is 4. The number of benzene rings is 1. The highest BCUT2D eigenvalue weighted by molar-refractivity contribution is 6.30. The Balaban J connectivity index is 3.02. The predicted molar refractivity (Wildman–Crippen MR) is 61.1 cm³/mol. The molecule has 2 unspecified atom stereocenters. The van der Waals surface area contributed by atoms with Gasteiger partial charge in [-0.2, -0.15) is 5.26 Å². The van der Waals surface area contributed by atoms with Gasteiger partial charge >= 0.3 is 0 Å². The van der Waals surface area contributed by atoms with E-state index in [1.165, 1.54) is 18.2 Å². The summed E-state index contributed by atoms with van der Waals surface area (Å²) in [4.78, 5) is 2.47. The molecule has 1 aromatic rings. The van der Waals surface area contributed by atoms with Gasteiger partial charge in [0.2, 0.25) is 0 Å². The van der Waals surface area contributed by atoms with E-state index in [0.717, 1.165) is 0 Å². The molecule has 1 rings (SSSR count). The Labute approximate surface area is 102 Å². The Hall–Kier alpha value is -1.77. The summed E-state index contributed by atoms with van der Waals surface area (Å²) in [6.45, 7) is -0.283. The van der Waals surface area contributed by atoms with Crippen LogP contribution in [0, 0.1) is 11.3 Å². The second kappa shape index (κ2) is 6.09. The minimum absolute atomic E-state index is 0.209. The lowest BCUT2D eigenvalue weighted by molar-refractivity contribution is 0.0242. The molecule has 2 N–H and O–H groups in total. The highest BCUT2D eigenvalue weighted by Gasteiger charge is 2.20. The van der Waals surface area contributed by atoms with Crippen LogP contribution in [-0.4, -0.2) is 22.9 Å². The molecule has 17 heavy (non-hydrogen) atoms. The van der Waals surface area contributed by atoms with Gasteiger partial charge in [0.1, 0.15) is 6.10 Å². The molecule has 6 nitrogen and oxygen atoms in total. The number of hydrogen-bond acceptors (Lipinski definition) is 4. The zero-order valence-corrected chi connectivity index (χ0v) is 9.41. The number of aliphatic hydroxyl groups excluding tert-OH is 2. The summed E-state index contributed by atoms with van der Waals surface area (Å²) in [5.74, 6) is 0. The van der Waals surface area contributed by atoms with Crippen molar-refractivity contribution < 1.29 is 10.2 Å². The lowest BCUT2D eigenvalue weighted by atomic mass is 9.99. The number of azide groups is 1. The first-order valence-corrected chi connectivity index (χ1v) is 5.04. The molecule has 2 atom stereocenters. The van der Waals surface area contributed by atoms with Gasteiger partial charge in [0, 0.05) is 15.5 Å². The van der Waals surface area contributed by atoms with Gasteiger partial charge in [-0.15, -0.1) is 0 Å². The van der Waals surface area contributed by atoms with Crippen LogP contribution in [-0.2, 0) is 0 Å². The minimum Gasteiger partial charge on any atom is -0.390 e. The van der Waals surface area contributed by atoms with E-state index in [0.29, 0.717) is 5.02 Å². The first kappa shape index (κ1) is 13.3. The third-order valence-corrected chi connectivity index (χ3v) is 2.38. The Morgan fingerprint density at radius 1 is 1.53 bits per heavy atom. The van der Waals surface area contributed by atoms with Gasteiger partial charge in [-0.05, 0) is 23.7 Å². The SMILES string of the molecule is N#Cc1ccc(Cl)cc1C(O)C(O)CN=[N+]=[N-]. The number of halogens is 1. The van der Waals surface area contributed by atoms with E-state index >= 15 is 0 Å². The average molecular weight is 253 g/mol. The molecule has 0 fully saturated rings. The molecule has 7 heteroatoms. The molecule has 1 aromatic carbocycles. The van der Waals surface area contributed by atoms with Gasteiger partial charge in [-0.25, -0.2) is 0 Å². The van der Waals surface area contributed by atoms with Crippen molar-refractivity contribution in [2.24, 2.45) is 5.11 Å². The Bertz CT molecular complexity index is 494. The lowest BCUT2D eigenvalue weighted by Gasteiger charge is -2.17. The van der Waals surface area contributed by atoms with Crippen LogP contribution < -0.4 is 0 Å². The van der Waals surface area contributed by atoms with E-state index in [9.17, 15) is 10.2 Å². The van der Waals surface area contributed by atoms with Crippen molar-refractivity contribution in [3.63, 3.8) is 0 Å². The second-order valence-corrected chi connectivity index (χ2v) is 3.71. The van der Waals surface area contributed by atoms with Gasteiger partial charge < -0.3 is 10.2 Å². The van der Waals surface area contributed by atoms with Crippen molar-refractivity contribution in [1.82, 2.24) is 0 Å². The summed E-state index contributed by atoms with van der Waals surface area (Å²) in [5, 5.41) is 31.7. The average Bonchev–Trinajstić information content (AvgIpc) is 2.34. The fourth-order valence-corrected chi connectivity index (χ4v) is 1.49. The number of rotatable bonds is 4. The molecule has 0 aliphatic rings. The lowest BCUT2D eigenvalue weighted by Crippen LogP contribution is -2.22. The van der Waals surface area contributed by atoms with E-state index in [1.54, 1.807) is 0 Å². The maximum Gasteiger partial charge on any atom is 0.106 e. The zero-order chi connectivity index (χ0) is 12.8. The summed E-state index contributed by atoms with van der Waals surface area (Å²) in [6.07, 6.45) is -2.61. The summed E-state index contributed by atoms with van der Waals surface area (Å²) < 4.78 is 0. The summed E-state index contributed by atoms with van der Waals surface area (Å²) in [5.41, 5.74) is 8.52. The highest BCUT2D eigenvalue weighted by atomic mass is 35.5. The monoisotopic (exact) mass is 252 g/mol. The van der Waals surface area contributed by atoms with Crippen molar-refractivity contribution in [3.05, 3.63) is 44.8 Å². The van der Waals surface area contributed by atoms with E-state index in [4.69, 9.17) is 22.4 Å². The fourth-order valence-electron chi connectivity index (χ4n) is 1.31. The maximum atomic E-state index is 9.81. The third-order valence-electron chi connectivity index (χ3n) is 2.15. The first-order valence-electron chi connectivity index (χ1n) is 4.66. The normalized spacial score (nSPS) is 13.3. The van der Waals surface area contributed by atoms with E-state index in [2.05, 4.69) is 10.0 Å². The number of aliphatic hydroxyl groups is 2. The largest absolute Gasteiger partial charge is 0.390 e. The molecule has 0 radical (unpaired) electrons. The maximum absolute atomic E-state index is 9.81.